The Kier molecular flexibility index (Phi) is 2.62. The third-order valence-corrected chi connectivity index (χ3v) is 3.52. The predicted octanol–water partition coefficient (Wildman–Crippen LogP) is 1.92. The van der Waals surface area contributed by atoms with Gasteiger partial charge in [0.15, 0.2) is 0 Å². The van der Waals surface area contributed by atoms with E-state index in [0.29, 0.717) is 12.4 Å². The van der Waals surface area contributed by atoms with Gasteiger partial charge in [-0.3, -0.25) is 4.68 Å². The Labute approximate surface area is 111 Å². The van der Waals surface area contributed by atoms with E-state index >= 15 is 0 Å². The van der Waals surface area contributed by atoms with Gasteiger partial charge in [-0.1, -0.05) is 0 Å². The van der Waals surface area contributed by atoms with Crippen LogP contribution in [0.3, 0.4) is 0 Å². The average molecular weight is 259 g/mol. The van der Waals surface area contributed by atoms with Crippen LogP contribution in [0.1, 0.15) is 11.1 Å². The van der Waals surface area contributed by atoms with Crippen molar-refractivity contribution in [2.45, 2.75) is 13.3 Å². The van der Waals surface area contributed by atoms with Crippen LogP contribution in [0.25, 0.3) is 11.3 Å². The summed E-state index contributed by atoms with van der Waals surface area (Å²) in [6.45, 7) is 2.72. The van der Waals surface area contributed by atoms with Crippen molar-refractivity contribution in [3.05, 3.63) is 23.3 Å². The lowest BCUT2D eigenvalue weighted by atomic mass is 9.98. The van der Waals surface area contributed by atoms with Crippen LogP contribution < -0.4 is 15.2 Å². The van der Waals surface area contributed by atoms with Crippen LogP contribution in [-0.2, 0) is 13.5 Å². The largest absolute Gasteiger partial charge is 0.496 e. The molecule has 2 heterocycles. The minimum absolute atomic E-state index is 0.631. The van der Waals surface area contributed by atoms with Crippen molar-refractivity contribution < 1.29 is 9.47 Å². The molecule has 1 aliphatic rings. The highest BCUT2D eigenvalue weighted by Crippen LogP contribution is 2.43. The van der Waals surface area contributed by atoms with E-state index < -0.39 is 0 Å². The monoisotopic (exact) mass is 259 g/mol. The number of aromatic nitrogens is 2. The van der Waals surface area contributed by atoms with Crippen molar-refractivity contribution in [2.75, 3.05) is 19.5 Å². The number of ether oxygens (including phenoxy) is 2. The quantitative estimate of drug-likeness (QED) is 0.895. The number of nitrogens with two attached hydrogens (primary N) is 1. The van der Waals surface area contributed by atoms with Gasteiger partial charge in [0.2, 0.25) is 0 Å². The van der Waals surface area contributed by atoms with Crippen LogP contribution in [0.4, 0.5) is 5.82 Å². The molecule has 0 atom stereocenters. The molecule has 0 saturated heterocycles. The second-order valence-corrected chi connectivity index (χ2v) is 4.75. The van der Waals surface area contributed by atoms with Gasteiger partial charge in [-0.25, -0.2) is 0 Å². The number of hydrogen-bond acceptors (Lipinski definition) is 4. The van der Waals surface area contributed by atoms with Gasteiger partial charge >= 0.3 is 0 Å². The van der Waals surface area contributed by atoms with Gasteiger partial charge in [0.1, 0.15) is 17.3 Å². The van der Waals surface area contributed by atoms with Gasteiger partial charge < -0.3 is 15.2 Å². The number of methoxy groups -OCH3 is 1. The molecule has 2 aromatic rings. The Hall–Kier alpha value is -2.17. The Morgan fingerprint density at radius 3 is 2.84 bits per heavy atom. The molecule has 5 heteroatoms. The average Bonchev–Trinajstić information content (AvgIpc) is 2.95. The van der Waals surface area contributed by atoms with Gasteiger partial charge in [0.25, 0.3) is 0 Å². The van der Waals surface area contributed by atoms with E-state index in [-0.39, 0.29) is 0 Å². The smallest absolute Gasteiger partial charge is 0.131 e. The molecule has 1 aliphatic heterocycles. The molecular weight excluding hydrogens is 242 g/mol. The van der Waals surface area contributed by atoms with Crippen LogP contribution in [0.2, 0.25) is 0 Å². The van der Waals surface area contributed by atoms with E-state index in [1.54, 1.807) is 11.8 Å². The van der Waals surface area contributed by atoms with Gasteiger partial charge in [0, 0.05) is 25.1 Å². The van der Waals surface area contributed by atoms with E-state index in [0.717, 1.165) is 40.3 Å². The number of nitrogens with zero attached hydrogens (tertiary/aromatic N) is 2. The number of benzene rings is 1. The van der Waals surface area contributed by atoms with E-state index in [9.17, 15) is 0 Å². The summed E-state index contributed by atoms with van der Waals surface area (Å²) in [4.78, 5) is 0. The first-order valence-electron chi connectivity index (χ1n) is 6.25. The van der Waals surface area contributed by atoms with Gasteiger partial charge in [-0.2, -0.15) is 5.10 Å². The number of hydrogen-bond donors (Lipinski definition) is 1. The van der Waals surface area contributed by atoms with Crippen molar-refractivity contribution in [3.63, 3.8) is 0 Å². The fourth-order valence-corrected chi connectivity index (χ4v) is 2.58. The maximum absolute atomic E-state index is 5.88. The summed E-state index contributed by atoms with van der Waals surface area (Å²) in [6.07, 6.45) is 0.873. The zero-order valence-electron chi connectivity index (χ0n) is 11.4. The Morgan fingerprint density at radius 2 is 2.21 bits per heavy atom. The highest BCUT2D eigenvalue weighted by Gasteiger charge is 2.24. The van der Waals surface area contributed by atoms with Crippen molar-refractivity contribution in [1.82, 2.24) is 9.78 Å². The van der Waals surface area contributed by atoms with E-state index in [2.05, 4.69) is 5.10 Å². The maximum Gasteiger partial charge on any atom is 0.131 e. The molecular formula is C14H17N3O2. The highest BCUT2D eigenvalue weighted by atomic mass is 16.5. The first-order chi connectivity index (χ1) is 9.11. The van der Waals surface area contributed by atoms with Gasteiger partial charge in [-0.15, -0.1) is 0 Å². The summed E-state index contributed by atoms with van der Waals surface area (Å²) in [5, 5.41) is 4.46. The highest BCUT2D eigenvalue weighted by molar-refractivity contribution is 5.77. The molecule has 1 aromatic heterocycles. The van der Waals surface area contributed by atoms with Crippen molar-refractivity contribution >= 4 is 5.82 Å². The number of rotatable bonds is 2. The lowest BCUT2D eigenvalue weighted by Gasteiger charge is -2.13. The molecule has 0 bridgehead atoms. The molecule has 5 nitrogen and oxygen atoms in total. The molecule has 0 unspecified atom stereocenters. The molecule has 0 spiro atoms. The van der Waals surface area contributed by atoms with Crippen molar-refractivity contribution in [1.29, 1.82) is 0 Å². The summed E-state index contributed by atoms with van der Waals surface area (Å²) in [6, 6.07) is 3.90. The molecule has 3 rings (SSSR count). The van der Waals surface area contributed by atoms with E-state index in [1.165, 1.54) is 0 Å². The molecule has 0 amide bonds. The van der Waals surface area contributed by atoms with Crippen molar-refractivity contribution in [3.8, 4) is 22.8 Å². The zero-order valence-corrected chi connectivity index (χ0v) is 11.4. The van der Waals surface area contributed by atoms with E-state index in [1.807, 2.05) is 26.1 Å². The Morgan fingerprint density at radius 1 is 1.42 bits per heavy atom. The molecule has 0 radical (unpaired) electrons. The van der Waals surface area contributed by atoms with E-state index in [4.69, 9.17) is 15.2 Å². The normalized spacial score (nSPS) is 13.2. The second-order valence-electron chi connectivity index (χ2n) is 4.75. The number of fused-ring (bicyclic) bond motifs is 1. The molecule has 1 aromatic carbocycles. The third-order valence-electron chi connectivity index (χ3n) is 3.52. The lowest BCUT2D eigenvalue weighted by molar-refractivity contribution is 0.356. The fourth-order valence-electron chi connectivity index (χ4n) is 2.58. The number of nitrogen functional groups attached to an aromatic ring is 1. The van der Waals surface area contributed by atoms with Crippen LogP contribution in [0.15, 0.2) is 12.1 Å². The van der Waals surface area contributed by atoms with Crippen LogP contribution in [-0.4, -0.2) is 23.5 Å². The Balaban J connectivity index is 2.29. The molecule has 2 N–H and O–H groups in total. The summed E-state index contributed by atoms with van der Waals surface area (Å²) in [5.41, 5.74) is 9.92. The Bertz CT molecular complexity index is 623. The van der Waals surface area contributed by atoms with Crippen LogP contribution >= 0.6 is 0 Å². The van der Waals surface area contributed by atoms with Crippen LogP contribution in [0, 0.1) is 6.92 Å². The SMILES string of the molecule is COc1c(C)cc2c(c1-c1cc(N)n(C)n1)CCO2. The minimum Gasteiger partial charge on any atom is -0.496 e. The zero-order chi connectivity index (χ0) is 13.6. The molecule has 0 saturated carbocycles. The molecule has 19 heavy (non-hydrogen) atoms. The first kappa shape index (κ1) is 11.9. The predicted molar refractivity (Wildman–Crippen MR) is 73.5 cm³/mol. The standard InChI is InChI=1S/C14H17N3O2/c1-8-6-11-9(4-5-19-11)13(14(8)18-3)10-7-12(15)17(2)16-10/h6-7H,4-5,15H2,1-3H3. The summed E-state index contributed by atoms with van der Waals surface area (Å²) in [5.74, 6) is 2.41. The molecule has 0 fully saturated rings. The van der Waals surface area contributed by atoms with Crippen molar-refractivity contribution in [2.24, 2.45) is 7.05 Å². The fraction of sp³-hybridized carbons (Fsp3) is 0.357. The topological polar surface area (TPSA) is 62.3 Å². The number of anilines is 1. The van der Waals surface area contributed by atoms with Crippen LogP contribution in [0.5, 0.6) is 11.5 Å². The minimum atomic E-state index is 0.631. The molecule has 100 valence electrons. The lowest BCUT2D eigenvalue weighted by Crippen LogP contribution is -1.98. The third kappa shape index (κ3) is 1.73. The summed E-state index contributed by atoms with van der Waals surface area (Å²) >= 11 is 0. The van der Waals surface area contributed by atoms with Gasteiger partial charge in [-0.05, 0) is 18.6 Å². The summed E-state index contributed by atoms with van der Waals surface area (Å²) < 4.78 is 12.9. The summed E-state index contributed by atoms with van der Waals surface area (Å²) in [7, 11) is 3.51. The molecule has 0 aliphatic carbocycles. The maximum atomic E-state index is 5.88. The first-order valence-corrected chi connectivity index (χ1v) is 6.25. The van der Waals surface area contributed by atoms with Gasteiger partial charge in [0.05, 0.1) is 25.0 Å². The number of aryl methyl sites for hydroxylation is 2. The second kappa shape index (κ2) is 4.19.